The lowest BCUT2D eigenvalue weighted by Gasteiger charge is -2.15. The van der Waals surface area contributed by atoms with Crippen LogP contribution in [0.1, 0.15) is 21.7 Å². The lowest BCUT2D eigenvalue weighted by molar-refractivity contribution is 0.0696. The maximum Gasteiger partial charge on any atom is 0.335 e. The van der Waals surface area contributed by atoms with Crippen molar-refractivity contribution in [3.63, 3.8) is 0 Å². The van der Waals surface area contributed by atoms with Crippen molar-refractivity contribution < 1.29 is 14.3 Å². The van der Waals surface area contributed by atoms with Crippen LogP contribution in [0.5, 0.6) is 0 Å². The summed E-state index contributed by atoms with van der Waals surface area (Å²) in [6, 6.07) is 6.49. The average molecular weight is 261 g/mol. The standard InChI is InChI=1S/C14H12FNO3/c1-8-5-11(17)6-9(2)16(8)13-4-3-10(14(18)19)7-12(13)15/h3-7H,1-2H3,(H,18,19). The molecule has 2 aromatic rings. The van der Waals surface area contributed by atoms with Gasteiger partial charge in [0.15, 0.2) is 5.43 Å². The Hall–Kier alpha value is -2.43. The number of hydrogen-bond donors (Lipinski definition) is 1. The van der Waals surface area contributed by atoms with Crippen molar-refractivity contribution in [2.24, 2.45) is 0 Å². The lowest BCUT2D eigenvalue weighted by atomic mass is 10.1. The molecule has 0 fully saturated rings. The third kappa shape index (κ3) is 2.40. The number of halogens is 1. The number of carboxylic acid groups (broad SMARTS) is 1. The zero-order valence-corrected chi connectivity index (χ0v) is 10.5. The predicted octanol–water partition coefficient (Wildman–Crippen LogP) is 2.29. The Morgan fingerprint density at radius 2 is 1.74 bits per heavy atom. The summed E-state index contributed by atoms with van der Waals surface area (Å²) < 4.78 is 15.6. The smallest absolute Gasteiger partial charge is 0.335 e. The van der Waals surface area contributed by atoms with Gasteiger partial charge in [-0.25, -0.2) is 9.18 Å². The van der Waals surface area contributed by atoms with Gasteiger partial charge in [0.1, 0.15) is 5.82 Å². The van der Waals surface area contributed by atoms with E-state index in [2.05, 4.69) is 0 Å². The van der Waals surface area contributed by atoms with Gasteiger partial charge in [-0.1, -0.05) is 0 Å². The molecule has 0 amide bonds. The fourth-order valence-electron chi connectivity index (χ4n) is 2.06. The molecule has 0 aliphatic carbocycles. The molecule has 1 heterocycles. The molecule has 0 unspecified atom stereocenters. The second-order valence-corrected chi connectivity index (χ2v) is 4.28. The average Bonchev–Trinajstić information content (AvgIpc) is 2.29. The molecule has 1 N–H and O–H groups in total. The largest absolute Gasteiger partial charge is 0.478 e. The van der Waals surface area contributed by atoms with Gasteiger partial charge < -0.3 is 9.67 Å². The zero-order valence-electron chi connectivity index (χ0n) is 10.5. The summed E-state index contributed by atoms with van der Waals surface area (Å²) in [7, 11) is 0. The number of rotatable bonds is 2. The van der Waals surface area contributed by atoms with Gasteiger partial charge >= 0.3 is 5.97 Å². The predicted molar refractivity (Wildman–Crippen MR) is 68.4 cm³/mol. The first-order valence-electron chi connectivity index (χ1n) is 5.63. The molecule has 0 spiro atoms. The summed E-state index contributed by atoms with van der Waals surface area (Å²) >= 11 is 0. The van der Waals surface area contributed by atoms with Crippen molar-refractivity contribution in [1.82, 2.24) is 4.57 Å². The number of carbonyl (C=O) groups is 1. The molecule has 0 bridgehead atoms. The monoisotopic (exact) mass is 261 g/mol. The van der Waals surface area contributed by atoms with Crippen LogP contribution in [0.2, 0.25) is 0 Å². The fourth-order valence-corrected chi connectivity index (χ4v) is 2.06. The number of pyridine rings is 1. The van der Waals surface area contributed by atoms with Crippen LogP contribution in [0.25, 0.3) is 5.69 Å². The van der Waals surface area contributed by atoms with Gasteiger partial charge in [0.05, 0.1) is 11.3 Å². The van der Waals surface area contributed by atoms with Gasteiger partial charge in [0.25, 0.3) is 0 Å². The number of carboxylic acids is 1. The Labute approximate surface area is 108 Å². The molecule has 0 atom stereocenters. The molecular formula is C14H12FNO3. The first-order chi connectivity index (χ1) is 8.90. The van der Waals surface area contributed by atoms with Crippen molar-refractivity contribution in [3.8, 4) is 5.69 Å². The van der Waals surface area contributed by atoms with Crippen molar-refractivity contribution in [3.05, 3.63) is 63.3 Å². The Morgan fingerprint density at radius 1 is 1.16 bits per heavy atom. The lowest BCUT2D eigenvalue weighted by Crippen LogP contribution is -2.13. The molecule has 19 heavy (non-hydrogen) atoms. The van der Waals surface area contributed by atoms with Gasteiger partial charge in [-0.05, 0) is 32.0 Å². The van der Waals surface area contributed by atoms with Crippen molar-refractivity contribution >= 4 is 5.97 Å². The Morgan fingerprint density at radius 3 is 2.21 bits per heavy atom. The molecular weight excluding hydrogens is 249 g/mol. The van der Waals surface area contributed by atoms with E-state index in [0.717, 1.165) is 6.07 Å². The summed E-state index contributed by atoms with van der Waals surface area (Å²) in [5, 5.41) is 8.80. The van der Waals surface area contributed by atoms with E-state index in [1.807, 2.05) is 0 Å². The summed E-state index contributed by atoms with van der Waals surface area (Å²) in [5.41, 5.74) is 1.14. The highest BCUT2D eigenvalue weighted by molar-refractivity contribution is 5.87. The van der Waals surface area contributed by atoms with E-state index in [1.54, 1.807) is 18.4 Å². The van der Waals surface area contributed by atoms with Gasteiger partial charge in [0.2, 0.25) is 0 Å². The summed E-state index contributed by atoms with van der Waals surface area (Å²) in [5.74, 6) is -1.83. The normalized spacial score (nSPS) is 10.5. The Bertz CT molecular complexity index is 693. The van der Waals surface area contributed by atoms with E-state index in [4.69, 9.17) is 5.11 Å². The topological polar surface area (TPSA) is 59.3 Å². The van der Waals surface area contributed by atoms with Crippen LogP contribution in [0, 0.1) is 19.7 Å². The van der Waals surface area contributed by atoms with E-state index in [1.165, 1.54) is 24.3 Å². The van der Waals surface area contributed by atoms with Crippen LogP contribution in [0.4, 0.5) is 4.39 Å². The number of benzene rings is 1. The highest BCUT2D eigenvalue weighted by Crippen LogP contribution is 2.18. The van der Waals surface area contributed by atoms with E-state index in [0.29, 0.717) is 11.4 Å². The summed E-state index contributed by atoms with van der Waals surface area (Å²) in [4.78, 5) is 22.1. The molecule has 1 aromatic carbocycles. The van der Waals surface area contributed by atoms with E-state index in [-0.39, 0.29) is 16.7 Å². The van der Waals surface area contributed by atoms with Crippen molar-refractivity contribution in [1.29, 1.82) is 0 Å². The van der Waals surface area contributed by atoms with E-state index >= 15 is 0 Å². The molecule has 5 heteroatoms. The summed E-state index contributed by atoms with van der Waals surface area (Å²) in [6.45, 7) is 3.39. The Kier molecular flexibility index (Phi) is 3.21. The first-order valence-corrected chi connectivity index (χ1v) is 5.63. The molecule has 0 aliphatic rings. The third-order valence-electron chi connectivity index (χ3n) is 2.84. The van der Waals surface area contributed by atoms with Crippen LogP contribution < -0.4 is 5.43 Å². The molecule has 0 radical (unpaired) electrons. The van der Waals surface area contributed by atoms with Crippen LogP contribution in [0.3, 0.4) is 0 Å². The van der Waals surface area contributed by atoms with Gasteiger partial charge in [-0.3, -0.25) is 4.79 Å². The molecule has 1 aromatic heterocycles. The second-order valence-electron chi connectivity index (χ2n) is 4.28. The maximum atomic E-state index is 14.0. The third-order valence-corrected chi connectivity index (χ3v) is 2.84. The number of hydrogen-bond acceptors (Lipinski definition) is 2. The molecule has 4 nitrogen and oxygen atoms in total. The first kappa shape index (κ1) is 13.0. The summed E-state index contributed by atoms with van der Waals surface area (Å²) in [6.07, 6.45) is 0. The molecule has 0 aliphatic heterocycles. The van der Waals surface area contributed by atoms with Crippen LogP contribution >= 0.6 is 0 Å². The molecule has 0 saturated heterocycles. The zero-order chi connectivity index (χ0) is 14.2. The molecule has 0 saturated carbocycles. The van der Waals surface area contributed by atoms with Gasteiger partial charge in [-0.2, -0.15) is 0 Å². The van der Waals surface area contributed by atoms with E-state index < -0.39 is 11.8 Å². The maximum absolute atomic E-state index is 14.0. The van der Waals surface area contributed by atoms with Gasteiger partial charge in [0, 0.05) is 23.5 Å². The second kappa shape index (κ2) is 4.68. The van der Waals surface area contributed by atoms with E-state index in [9.17, 15) is 14.0 Å². The van der Waals surface area contributed by atoms with Crippen LogP contribution in [-0.2, 0) is 0 Å². The van der Waals surface area contributed by atoms with Crippen LogP contribution in [0.15, 0.2) is 35.1 Å². The highest BCUT2D eigenvalue weighted by Gasteiger charge is 2.12. The minimum atomic E-state index is -1.18. The number of aromatic carboxylic acids is 1. The SMILES string of the molecule is Cc1cc(=O)cc(C)n1-c1ccc(C(=O)O)cc1F. The Balaban J connectivity index is 2.66. The van der Waals surface area contributed by atoms with Crippen molar-refractivity contribution in [2.75, 3.05) is 0 Å². The molecule has 98 valence electrons. The quantitative estimate of drug-likeness (QED) is 0.902. The van der Waals surface area contributed by atoms with Crippen LogP contribution in [-0.4, -0.2) is 15.6 Å². The minimum absolute atomic E-state index is 0.113. The minimum Gasteiger partial charge on any atom is -0.478 e. The number of nitrogens with zero attached hydrogens (tertiary/aromatic N) is 1. The molecule has 2 rings (SSSR count). The van der Waals surface area contributed by atoms with Crippen molar-refractivity contribution in [2.45, 2.75) is 13.8 Å². The highest BCUT2D eigenvalue weighted by atomic mass is 19.1. The number of aromatic nitrogens is 1. The fraction of sp³-hybridized carbons (Fsp3) is 0.143. The van der Waals surface area contributed by atoms with Gasteiger partial charge in [-0.15, -0.1) is 0 Å². The number of aryl methyl sites for hydroxylation is 2.